The number of hydrogen-bond acceptors (Lipinski definition) is 4. The molecule has 136 valence electrons. The average molecular weight is 365 g/mol. The maximum absolute atomic E-state index is 12.3. The number of halogens is 3. The number of rotatable bonds is 6. The summed E-state index contributed by atoms with van der Waals surface area (Å²) in [6.07, 6.45) is -1.14. The lowest BCUT2D eigenvalue weighted by atomic mass is 9.90. The van der Waals surface area contributed by atoms with Gasteiger partial charge in [-0.25, -0.2) is 0 Å². The Morgan fingerprint density at radius 3 is 2.75 bits per heavy atom. The highest BCUT2D eigenvalue weighted by molar-refractivity contribution is 7.86. The maximum atomic E-state index is 12.3. The molecule has 1 saturated heterocycles. The minimum absolute atomic E-state index is 0.122. The molecule has 2 rings (SSSR count). The smallest absolute Gasteiger partial charge is 0.303 e. The first kappa shape index (κ1) is 19.2. The molecule has 1 aliphatic heterocycles. The van der Waals surface area contributed by atoms with Gasteiger partial charge in [-0.2, -0.15) is 12.6 Å². The SMILES string of the molecule is CCCCN1CCC[C@@H](c2cccc(S(=O)(=O)OC(F)(F)F)c2)C1. The summed E-state index contributed by atoms with van der Waals surface area (Å²) >= 11 is 0. The Labute approximate surface area is 140 Å². The number of hydrogen-bond donors (Lipinski definition) is 0. The highest BCUT2D eigenvalue weighted by Gasteiger charge is 2.38. The molecule has 1 aliphatic rings. The van der Waals surface area contributed by atoms with Crippen LogP contribution in [0, 0.1) is 0 Å². The Morgan fingerprint density at radius 2 is 2.08 bits per heavy atom. The molecule has 0 spiro atoms. The topological polar surface area (TPSA) is 46.6 Å². The molecule has 0 bridgehead atoms. The van der Waals surface area contributed by atoms with E-state index in [0.29, 0.717) is 0 Å². The lowest BCUT2D eigenvalue weighted by Crippen LogP contribution is -2.35. The van der Waals surface area contributed by atoms with Crippen molar-refractivity contribution >= 4 is 10.1 Å². The van der Waals surface area contributed by atoms with E-state index in [1.165, 1.54) is 12.1 Å². The quantitative estimate of drug-likeness (QED) is 0.718. The van der Waals surface area contributed by atoms with E-state index < -0.39 is 21.4 Å². The third kappa shape index (κ3) is 5.46. The van der Waals surface area contributed by atoms with Gasteiger partial charge in [0.1, 0.15) is 0 Å². The molecular formula is C16H22F3NO3S. The summed E-state index contributed by atoms with van der Waals surface area (Å²) in [7, 11) is -4.85. The molecule has 1 heterocycles. The van der Waals surface area contributed by atoms with Gasteiger partial charge in [-0.15, -0.1) is 13.2 Å². The molecule has 0 N–H and O–H groups in total. The van der Waals surface area contributed by atoms with Crippen LogP contribution >= 0.6 is 0 Å². The normalized spacial score (nSPS) is 20.2. The third-order valence-corrected chi connectivity index (χ3v) is 5.40. The summed E-state index contributed by atoms with van der Waals surface area (Å²) in [5.41, 5.74) is 0.739. The van der Waals surface area contributed by atoms with Crippen LogP contribution in [0.15, 0.2) is 29.2 Å². The van der Waals surface area contributed by atoms with Crippen LogP contribution < -0.4 is 0 Å². The van der Waals surface area contributed by atoms with Crippen LogP contribution in [-0.4, -0.2) is 39.3 Å². The largest absolute Gasteiger partial charge is 0.537 e. The summed E-state index contributed by atoms with van der Waals surface area (Å²) in [6.45, 7) is 4.91. The van der Waals surface area contributed by atoms with Crippen molar-refractivity contribution in [1.82, 2.24) is 4.90 Å². The molecule has 0 radical (unpaired) electrons. The van der Waals surface area contributed by atoms with Crippen LogP contribution in [0.1, 0.15) is 44.1 Å². The van der Waals surface area contributed by atoms with Gasteiger partial charge in [0.15, 0.2) is 0 Å². The molecule has 1 atom stereocenters. The van der Waals surface area contributed by atoms with Crippen molar-refractivity contribution in [1.29, 1.82) is 0 Å². The number of alkyl halides is 3. The fourth-order valence-corrected chi connectivity index (χ4v) is 3.88. The van der Waals surface area contributed by atoms with Gasteiger partial charge >= 0.3 is 16.5 Å². The molecular weight excluding hydrogens is 343 g/mol. The number of likely N-dealkylation sites (tertiary alicyclic amines) is 1. The number of nitrogens with zero attached hydrogens (tertiary/aromatic N) is 1. The lowest BCUT2D eigenvalue weighted by Gasteiger charge is -2.33. The van der Waals surface area contributed by atoms with Crippen LogP contribution in [0.2, 0.25) is 0 Å². The molecule has 24 heavy (non-hydrogen) atoms. The second-order valence-electron chi connectivity index (χ2n) is 6.05. The summed E-state index contributed by atoms with van der Waals surface area (Å²) < 4.78 is 63.5. The van der Waals surface area contributed by atoms with Crippen molar-refractivity contribution < 1.29 is 25.8 Å². The monoisotopic (exact) mass is 365 g/mol. The fraction of sp³-hybridized carbons (Fsp3) is 0.625. The number of unbranched alkanes of at least 4 members (excludes halogenated alkanes) is 1. The zero-order valence-electron chi connectivity index (χ0n) is 13.6. The molecule has 0 saturated carbocycles. The van der Waals surface area contributed by atoms with Crippen LogP contribution in [0.5, 0.6) is 0 Å². The van der Waals surface area contributed by atoms with Gasteiger partial charge in [0.2, 0.25) is 0 Å². The first-order chi connectivity index (χ1) is 11.2. The van der Waals surface area contributed by atoms with Gasteiger partial charge in [-0.05, 0) is 56.0 Å². The molecule has 8 heteroatoms. The Bertz CT molecular complexity index is 646. The maximum Gasteiger partial charge on any atom is 0.537 e. The number of piperidine rings is 1. The van der Waals surface area contributed by atoms with Crippen LogP contribution in [-0.2, 0) is 14.3 Å². The molecule has 0 unspecified atom stereocenters. The standard InChI is InChI=1S/C16H22F3NO3S/c1-2-3-9-20-10-5-7-14(12-20)13-6-4-8-15(11-13)24(21,22)23-16(17,18)19/h4,6,8,11,14H,2-3,5,7,9-10,12H2,1H3/t14-/m1/s1. The zero-order valence-corrected chi connectivity index (χ0v) is 14.4. The van der Waals surface area contributed by atoms with Crippen molar-refractivity contribution in [2.75, 3.05) is 19.6 Å². The van der Waals surface area contributed by atoms with E-state index in [1.54, 1.807) is 6.07 Å². The van der Waals surface area contributed by atoms with E-state index in [9.17, 15) is 21.6 Å². The van der Waals surface area contributed by atoms with E-state index in [2.05, 4.69) is 16.0 Å². The Balaban J connectivity index is 2.15. The summed E-state index contributed by atoms with van der Waals surface area (Å²) in [5.74, 6) is 0.122. The van der Waals surface area contributed by atoms with Crippen molar-refractivity contribution in [2.45, 2.75) is 49.8 Å². The Hall–Kier alpha value is -1.12. The van der Waals surface area contributed by atoms with Gasteiger partial charge in [-0.1, -0.05) is 25.5 Å². The molecule has 1 fully saturated rings. The lowest BCUT2D eigenvalue weighted by molar-refractivity contribution is -0.271. The van der Waals surface area contributed by atoms with Gasteiger partial charge in [-0.3, -0.25) is 0 Å². The summed E-state index contributed by atoms with van der Waals surface area (Å²) in [6, 6.07) is 5.66. The van der Waals surface area contributed by atoms with E-state index >= 15 is 0 Å². The van der Waals surface area contributed by atoms with Gasteiger partial charge in [0, 0.05) is 6.54 Å². The van der Waals surface area contributed by atoms with E-state index in [-0.39, 0.29) is 5.92 Å². The predicted molar refractivity (Wildman–Crippen MR) is 84.1 cm³/mol. The second-order valence-corrected chi connectivity index (χ2v) is 7.60. The minimum atomic E-state index is -5.23. The molecule has 0 amide bonds. The third-order valence-electron chi connectivity index (χ3n) is 4.16. The summed E-state index contributed by atoms with van der Waals surface area (Å²) in [4.78, 5) is 1.87. The van der Waals surface area contributed by atoms with Crippen molar-refractivity contribution in [3.63, 3.8) is 0 Å². The van der Waals surface area contributed by atoms with Crippen LogP contribution in [0.3, 0.4) is 0 Å². The molecule has 1 aromatic rings. The highest BCUT2D eigenvalue weighted by Crippen LogP contribution is 2.30. The Kier molecular flexibility index (Phi) is 6.28. The molecule has 4 nitrogen and oxygen atoms in total. The first-order valence-corrected chi connectivity index (χ1v) is 9.47. The van der Waals surface area contributed by atoms with Crippen molar-refractivity contribution in [2.24, 2.45) is 0 Å². The zero-order chi connectivity index (χ0) is 17.8. The molecule has 1 aromatic carbocycles. The van der Waals surface area contributed by atoms with Gasteiger partial charge in [0.25, 0.3) is 0 Å². The highest BCUT2D eigenvalue weighted by atomic mass is 32.2. The first-order valence-electron chi connectivity index (χ1n) is 8.06. The molecule has 0 aromatic heterocycles. The van der Waals surface area contributed by atoms with E-state index in [0.717, 1.165) is 56.9 Å². The Morgan fingerprint density at radius 1 is 1.33 bits per heavy atom. The van der Waals surface area contributed by atoms with Gasteiger partial charge < -0.3 is 4.90 Å². The van der Waals surface area contributed by atoms with Crippen molar-refractivity contribution in [3.8, 4) is 0 Å². The summed E-state index contributed by atoms with van der Waals surface area (Å²) in [5, 5.41) is 0. The van der Waals surface area contributed by atoms with Crippen molar-refractivity contribution in [3.05, 3.63) is 29.8 Å². The minimum Gasteiger partial charge on any atom is -0.303 e. The average Bonchev–Trinajstić information content (AvgIpc) is 2.51. The van der Waals surface area contributed by atoms with Crippen LogP contribution in [0.4, 0.5) is 13.2 Å². The molecule has 0 aliphatic carbocycles. The predicted octanol–water partition coefficient (Wildman–Crippen LogP) is 3.89. The van der Waals surface area contributed by atoms with Gasteiger partial charge in [0.05, 0.1) is 4.90 Å². The fourth-order valence-electron chi connectivity index (χ4n) is 3.01. The second kappa shape index (κ2) is 7.84. The van der Waals surface area contributed by atoms with E-state index in [1.807, 2.05) is 0 Å². The number of benzene rings is 1. The van der Waals surface area contributed by atoms with E-state index in [4.69, 9.17) is 0 Å². The van der Waals surface area contributed by atoms with Crippen LogP contribution in [0.25, 0.3) is 0 Å².